The number of nitrogens with zero attached hydrogens (tertiary/aromatic N) is 1. The van der Waals surface area contributed by atoms with Gasteiger partial charge < -0.3 is 5.32 Å². The molecule has 0 fully saturated rings. The fourth-order valence-electron chi connectivity index (χ4n) is 1.80. The summed E-state index contributed by atoms with van der Waals surface area (Å²) in [7, 11) is 0. The maximum absolute atomic E-state index is 12.8. The van der Waals surface area contributed by atoms with Gasteiger partial charge >= 0.3 is 0 Å². The number of rotatable bonds is 4. The minimum atomic E-state index is -0.333. The summed E-state index contributed by atoms with van der Waals surface area (Å²) >= 11 is 8.80. The van der Waals surface area contributed by atoms with Crippen LogP contribution in [0.1, 0.15) is 0 Å². The molecule has 3 nitrogen and oxygen atoms in total. The molecular weight excluding hydrogens is 343 g/mol. The lowest BCUT2D eigenvalue weighted by Gasteiger charge is -2.03. The van der Waals surface area contributed by atoms with Gasteiger partial charge in [0.15, 0.2) is 4.34 Å². The number of nitrogens with one attached hydrogen (secondary N) is 1. The fraction of sp³-hybridized carbons (Fsp3) is 0.0667. The van der Waals surface area contributed by atoms with E-state index in [1.807, 2.05) is 12.1 Å². The van der Waals surface area contributed by atoms with Crippen LogP contribution in [0.4, 0.5) is 10.1 Å². The summed E-state index contributed by atoms with van der Waals surface area (Å²) in [5, 5.41) is 3.35. The first-order valence-corrected chi connectivity index (χ1v) is 8.52. The highest BCUT2D eigenvalue weighted by atomic mass is 35.5. The molecule has 3 aromatic rings. The third-order valence-electron chi connectivity index (χ3n) is 2.78. The maximum atomic E-state index is 12.8. The smallest absolute Gasteiger partial charge is 0.234 e. The quantitative estimate of drug-likeness (QED) is 0.684. The van der Waals surface area contributed by atoms with Gasteiger partial charge in [-0.25, -0.2) is 9.37 Å². The highest BCUT2D eigenvalue weighted by molar-refractivity contribution is 8.01. The van der Waals surface area contributed by atoms with Crippen molar-refractivity contribution in [2.24, 2.45) is 0 Å². The van der Waals surface area contributed by atoms with E-state index in [2.05, 4.69) is 10.3 Å². The zero-order chi connectivity index (χ0) is 15.5. The summed E-state index contributed by atoms with van der Waals surface area (Å²) in [6.07, 6.45) is 0. The number of amides is 1. The Morgan fingerprint density at radius 1 is 1.27 bits per heavy atom. The highest BCUT2D eigenvalue weighted by Gasteiger charge is 2.08. The lowest BCUT2D eigenvalue weighted by atomic mass is 10.3. The van der Waals surface area contributed by atoms with E-state index in [1.165, 1.54) is 47.4 Å². The molecule has 1 N–H and O–H groups in total. The molecule has 0 atom stereocenters. The Morgan fingerprint density at radius 2 is 2.05 bits per heavy atom. The molecule has 2 aromatic carbocycles. The van der Waals surface area contributed by atoms with Crippen molar-refractivity contribution >= 4 is 56.5 Å². The molecule has 0 radical (unpaired) electrons. The molecule has 7 heteroatoms. The van der Waals surface area contributed by atoms with Crippen molar-refractivity contribution in [1.82, 2.24) is 4.98 Å². The summed E-state index contributed by atoms with van der Waals surface area (Å²) in [4.78, 5) is 16.3. The average Bonchev–Trinajstić information content (AvgIpc) is 2.89. The normalized spacial score (nSPS) is 10.8. The summed E-state index contributed by atoms with van der Waals surface area (Å²) < 4.78 is 14.6. The van der Waals surface area contributed by atoms with Crippen LogP contribution in [0.3, 0.4) is 0 Å². The summed E-state index contributed by atoms with van der Waals surface area (Å²) in [6, 6.07) is 11.2. The topological polar surface area (TPSA) is 42.0 Å². The Kier molecular flexibility index (Phi) is 4.61. The van der Waals surface area contributed by atoms with E-state index < -0.39 is 0 Å². The van der Waals surface area contributed by atoms with Crippen LogP contribution in [0.5, 0.6) is 0 Å². The molecule has 1 heterocycles. The number of anilines is 1. The molecular formula is C15H10ClFN2OS2. The van der Waals surface area contributed by atoms with Crippen LogP contribution < -0.4 is 5.32 Å². The minimum absolute atomic E-state index is 0.158. The van der Waals surface area contributed by atoms with Crippen LogP contribution in [0.15, 0.2) is 46.8 Å². The first-order valence-electron chi connectivity index (χ1n) is 6.34. The average molecular weight is 353 g/mol. The van der Waals surface area contributed by atoms with E-state index in [0.29, 0.717) is 10.7 Å². The predicted molar refractivity (Wildman–Crippen MR) is 90.4 cm³/mol. The van der Waals surface area contributed by atoms with Crippen LogP contribution >= 0.6 is 34.7 Å². The van der Waals surface area contributed by atoms with Crippen molar-refractivity contribution < 1.29 is 9.18 Å². The molecule has 0 saturated carbocycles. The van der Waals surface area contributed by atoms with Crippen molar-refractivity contribution in [2.45, 2.75) is 4.34 Å². The van der Waals surface area contributed by atoms with Crippen LogP contribution in [-0.4, -0.2) is 16.6 Å². The Balaban J connectivity index is 1.61. The fourth-order valence-corrected chi connectivity index (χ4v) is 3.81. The number of aromatic nitrogens is 1. The molecule has 0 aliphatic carbocycles. The SMILES string of the molecule is O=C(CSc1nc2cc(Cl)ccc2s1)Nc1ccc(F)cc1. The predicted octanol–water partition coefficient (Wildman–Crippen LogP) is 4.82. The molecule has 0 aliphatic heterocycles. The van der Waals surface area contributed by atoms with E-state index in [1.54, 1.807) is 6.07 Å². The van der Waals surface area contributed by atoms with Gasteiger partial charge in [0, 0.05) is 10.7 Å². The second-order valence-electron chi connectivity index (χ2n) is 4.44. The summed E-state index contributed by atoms with van der Waals surface area (Å²) in [5.41, 5.74) is 1.40. The van der Waals surface area contributed by atoms with Gasteiger partial charge in [0.05, 0.1) is 16.0 Å². The molecule has 0 saturated heterocycles. The van der Waals surface area contributed by atoms with Gasteiger partial charge in [0.1, 0.15) is 5.82 Å². The third kappa shape index (κ3) is 3.76. The number of hydrogen-bond donors (Lipinski definition) is 1. The standard InChI is InChI=1S/C15H10ClFN2OS2/c16-9-1-6-13-12(7-9)19-15(22-13)21-8-14(20)18-11-4-2-10(17)3-5-11/h1-7H,8H2,(H,18,20). The number of thioether (sulfide) groups is 1. The molecule has 0 bridgehead atoms. The van der Waals surface area contributed by atoms with Gasteiger partial charge in [-0.15, -0.1) is 11.3 Å². The number of carbonyl (C=O) groups is 1. The third-order valence-corrected chi connectivity index (χ3v) is 5.20. The maximum Gasteiger partial charge on any atom is 0.234 e. The van der Waals surface area contributed by atoms with Gasteiger partial charge in [-0.2, -0.15) is 0 Å². The highest BCUT2D eigenvalue weighted by Crippen LogP contribution is 2.31. The van der Waals surface area contributed by atoms with E-state index in [-0.39, 0.29) is 17.5 Å². The lowest BCUT2D eigenvalue weighted by Crippen LogP contribution is -2.13. The van der Waals surface area contributed by atoms with Gasteiger partial charge in [-0.1, -0.05) is 23.4 Å². The number of hydrogen-bond acceptors (Lipinski definition) is 4. The zero-order valence-corrected chi connectivity index (χ0v) is 13.6. The number of carbonyl (C=O) groups excluding carboxylic acids is 1. The number of fused-ring (bicyclic) bond motifs is 1. The second kappa shape index (κ2) is 6.64. The molecule has 1 amide bonds. The van der Waals surface area contributed by atoms with Crippen molar-refractivity contribution in [3.63, 3.8) is 0 Å². The number of halogens is 2. The molecule has 0 aliphatic rings. The first-order chi connectivity index (χ1) is 10.6. The first kappa shape index (κ1) is 15.3. The Labute approximate surface area is 139 Å². The van der Waals surface area contributed by atoms with Gasteiger partial charge in [-0.3, -0.25) is 4.79 Å². The Morgan fingerprint density at radius 3 is 2.82 bits per heavy atom. The van der Waals surface area contributed by atoms with Crippen molar-refractivity contribution in [3.05, 3.63) is 53.3 Å². The molecule has 3 rings (SSSR count). The van der Waals surface area contributed by atoms with Crippen LogP contribution in [-0.2, 0) is 4.79 Å². The van der Waals surface area contributed by atoms with Crippen molar-refractivity contribution in [2.75, 3.05) is 11.1 Å². The lowest BCUT2D eigenvalue weighted by molar-refractivity contribution is -0.113. The zero-order valence-electron chi connectivity index (χ0n) is 11.2. The van der Waals surface area contributed by atoms with E-state index >= 15 is 0 Å². The van der Waals surface area contributed by atoms with E-state index in [0.717, 1.165) is 14.6 Å². The van der Waals surface area contributed by atoms with Gasteiger partial charge in [0.2, 0.25) is 5.91 Å². The molecule has 1 aromatic heterocycles. The summed E-state index contributed by atoms with van der Waals surface area (Å²) in [5.74, 6) is -0.250. The van der Waals surface area contributed by atoms with E-state index in [9.17, 15) is 9.18 Å². The second-order valence-corrected chi connectivity index (χ2v) is 7.13. The molecule has 112 valence electrons. The van der Waals surface area contributed by atoms with Gasteiger partial charge in [0.25, 0.3) is 0 Å². The number of thiazole rings is 1. The minimum Gasteiger partial charge on any atom is -0.325 e. The summed E-state index contributed by atoms with van der Waals surface area (Å²) in [6.45, 7) is 0. The Bertz CT molecular complexity index is 820. The van der Waals surface area contributed by atoms with Gasteiger partial charge in [-0.05, 0) is 42.5 Å². The van der Waals surface area contributed by atoms with Crippen LogP contribution in [0, 0.1) is 5.82 Å². The van der Waals surface area contributed by atoms with Crippen LogP contribution in [0.2, 0.25) is 5.02 Å². The molecule has 0 unspecified atom stereocenters. The van der Waals surface area contributed by atoms with Crippen molar-refractivity contribution in [1.29, 1.82) is 0 Å². The van der Waals surface area contributed by atoms with E-state index in [4.69, 9.17) is 11.6 Å². The molecule has 22 heavy (non-hydrogen) atoms. The van der Waals surface area contributed by atoms with Crippen molar-refractivity contribution in [3.8, 4) is 0 Å². The number of benzene rings is 2. The molecule has 0 spiro atoms. The Hall–Kier alpha value is -1.63. The van der Waals surface area contributed by atoms with Crippen LogP contribution in [0.25, 0.3) is 10.2 Å². The largest absolute Gasteiger partial charge is 0.325 e. The monoisotopic (exact) mass is 352 g/mol.